The molecule has 0 aromatic heterocycles. The summed E-state index contributed by atoms with van der Waals surface area (Å²) in [4.78, 5) is 6.46. The Morgan fingerprint density at radius 2 is 2.12 bits per heavy atom. The first-order chi connectivity index (χ1) is 8.27. The lowest BCUT2D eigenvalue weighted by molar-refractivity contribution is 0.623. The third-order valence-corrected chi connectivity index (χ3v) is 3.01. The average Bonchev–Trinajstić information content (AvgIpc) is 2.84. The fourth-order valence-corrected chi connectivity index (χ4v) is 2.14. The predicted molar refractivity (Wildman–Crippen MR) is 69.4 cm³/mol. The maximum atomic E-state index is 14.0. The summed E-state index contributed by atoms with van der Waals surface area (Å²) in [6.07, 6.45) is 0. The van der Waals surface area contributed by atoms with Gasteiger partial charge in [0.1, 0.15) is 11.7 Å². The van der Waals surface area contributed by atoms with Gasteiger partial charge in [-0.05, 0) is 26.0 Å². The molecule has 0 aliphatic carbocycles. The number of benzene rings is 1. The number of aliphatic imine (C=N–C) groups is 1. The number of nitrogens with zero attached hydrogens (tertiary/aromatic N) is 2. The van der Waals surface area contributed by atoms with Crippen molar-refractivity contribution in [2.75, 3.05) is 31.1 Å². The van der Waals surface area contributed by atoms with Gasteiger partial charge in [-0.3, -0.25) is 4.99 Å². The highest BCUT2D eigenvalue weighted by Gasteiger charge is 2.19. The molecule has 17 heavy (non-hydrogen) atoms. The number of nitrogens with one attached hydrogen (secondary N) is 1. The predicted octanol–water partition coefficient (Wildman–Crippen LogP) is 2.02. The lowest BCUT2D eigenvalue weighted by atomic mass is 10.1. The molecule has 1 aromatic carbocycles. The maximum Gasteiger partial charge on any atom is 0.136 e. The van der Waals surface area contributed by atoms with Gasteiger partial charge in [0, 0.05) is 19.6 Å². The van der Waals surface area contributed by atoms with Crippen LogP contribution < -0.4 is 10.2 Å². The minimum absolute atomic E-state index is 0.206. The van der Waals surface area contributed by atoms with Gasteiger partial charge in [-0.25, -0.2) is 4.39 Å². The highest BCUT2D eigenvalue weighted by molar-refractivity contribution is 6.04. The second-order valence-corrected chi connectivity index (χ2v) is 3.96. The number of rotatable bonds is 4. The van der Waals surface area contributed by atoms with Crippen LogP contribution in [0, 0.1) is 5.82 Å². The van der Waals surface area contributed by atoms with E-state index in [0.29, 0.717) is 11.4 Å². The number of halogens is 1. The lowest BCUT2D eigenvalue weighted by Crippen LogP contribution is -2.28. The third kappa shape index (κ3) is 2.25. The largest absolute Gasteiger partial charge is 0.371 e. The summed E-state index contributed by atoms with van der Waals surface area (Å²) in [7, 11) is 0. The second-order valence-electron chi connectivity index (χ2n) is 3.96. The smallest absolute Gasteiger partial charge is 0.136 e. The molecule has 0 spiro atoms. The van der Waals surface area contributed by atoms with E-state index in [9.17, 15) is 4.39 Å². The molecule has 1 heterocycles. The van der Waals surface area contributed by atoms with Crippen molar-refractivity contribution in [1.29, 1.82) is 0 Å². The van der Waals surface area contributed by atoms with Crippen molar-refractivity contribution in [1.82, 2.24) is 5.32 Å². The number of hydrogen-bond donors (Lipinski definition) is 1. The van der Waals surface area contributed by atoms with E-state index in [2.05, 4.69) is 29.1 Å². The van der Waals surface area contributed by atoms with Crippen molar-refractivity contribution in [3.63, 3.8) is 0 Å². The second kappa shape index (κ2) is 5.17. The summed E-state index contributed by atoms with van der Waals surface area (Å²) < 4.78 is 14.0. The molecule has 1 aliphatic rings. The van der Waals surface area contributed by atoms with E-state index in [1.54, 1.807) is 6.07 Å². The highest BCUT2D eigenvalue weighted by Crippen LogP contribution is 2.24. The zero-order chi connectivity index (χ0) is 12.3. The minimum Gasteiger partial charge on any atom is -0.371 e. The van der Waals surface area contributed by atoms with Crippen molar-refractivity contribution in [3.05, 3.63) is 29.6 Å². The van der Waals surface area contributed by atoms with E-state index >= 15 is 0 Å². The van der Waals surface area contributed by atoms with Crippen LogP contribution in [0.3, 0.4) is 0 Å². The SMILES string of the molecule is CCN(CC)c1cccc(F)c1C1=NCCN1. The van der Waals surface area contributed by atoms with Crippen molar-refractivity contribution in [3.8, 4) is 0 Å². The molecule has 2 rings (SSSR count). The molecule has 3 nitrogen and oxygen atoms in total. The van der Waals surface area contributed by atoms with Gasteiger partial charge < -0.3 is 10.2 Å². The molecule has 0 atom stereocenters. The Hall–Kier alpha value is -1.58. The van der Waals surface area contributed by atoms with Crippen LogP contribution in [0.2, 0.25) is 0 Å². The van der Waals surface area contributed by atoms with Crippen molar-refractivity contribution in [2.24, 2.45) is 4.99 Å². The first kappa shape index (κ1) is 11.9. The van der Waals surface area contributed by atoms with E-state index in [-0.39, 0.29) is 5.82 Å². The normalized spacial score (nSPS) is 14.4. The Bertz CT molecular complexity index is 425. The van der Waals surface area contributed by atoms with Crippen LogP contribution in [0.4, 0.5) is 10.1 Å². The lowest BCUT2D eigenvalue weighted by Gasteiger charge is -2.24. The molecule has 1 N–H and O–H groups in total. The van der Waals surface area contributed by atoms with Gasteiger partial charge in [-0.1, -0.05) is 6.07 Å². The monoisotopic (exact) mass is 235 g/mol. The summed E-state index contributed by atoms with van der Waals surface area (Å²) in [6.45, 7) is 7.38. The molecule has 0 saturated heterocycles. The molecule has 0 bridgehead atoms. The maximum absolute atomic E-state index is 14.0. The Morgan fingerprint density at radius 3 is 2.71 bits per heavy atom. The van der Waals surface area contributed by atoms with E-state index in [1.165, 1.54) is 6.07 Å². The molecule has 0 amide bonds. The standard InChI is InChI=1S/C13H18FN3/c1-3-17(4-2)11-7-5-6-10(14)12(11)13-15-8-9-16-13/h5-7H,3-4,8-9H2,1-2H3,(H,15,16). The summed E-state index contributed by atoms with van der Waals surface area (Å²) >= 11 is 0. The topological polar surface area (TPSA) is 27.6 Å². The molecule has 0 saturated carbocycles. The molecule has 4 heteroatoms. The first-order valence-electron chi connectivity index (χ1n) is 6.10. The van der Waals surface area contributed by atoms with Gasteiger partial charge in [0.15, 0.2) is 0 Å². The van der Waals surface area contributed by atoms with E-state index in [4.69, 9.17) is 0 Å². The van der Waals surface area contributed by atoms with Gasteiger partial charge >= 0.3 is 0 Å². The van der Waals surface area contributed by atoms with Gasteiger partial charge in [0.25, 0.3) is 0 Å². The fraction of sp³-hybridized carbons (Fsp3) is 0.462. The Kier molecular flexibility index (Phi) is 3.61. The zero-order valence-electron chi connectivity index (χ0n) is 10.3. The van der Waals surface area contributed by atoms with Gasteiger partial charge in [-0.15, -0.1) is 0 Å². The highest BCUT2D eigenvalue weighted by atomic mass is 19.1. The molecule has 92 valence electrons. The van der Waals surface area contributed by atoms with Crippen LogP contribution in [-0.4, -0.2) is 32.0 Å². The molecule has 0 fully saturated rings. The molecule has 1 aliphatic heterocycles. The van der Waals surface area contributed by atoms with Crippen LogP contribution in [-0.2, 0) is 0 Å². The fourth-order valence-electron chi connectivity index (χ4n) is 2.14. The van der Waals surface area contributed by atoms with Crippen LogP contribution >= 0.6 is 0 Å². The quantitative estimate of drug-likeness (QED) is 0.864. The summed E-state index contributed by atoms with van der Waals surface area (Å²) in [5, 5.41) is 3.14. The molecule has 1 aromatic rings. The zero-order valence-corrected chi connectivity index (χ0v) is 10.3. The first-order valence-corrected chi connectivity index (χ1v) is 6.10. The Labute approximate surface area is 101 Å². The van der Waals surface area contributed by atoms with Crippen molar-refractivity contribution < 1.29 is 4.39 Å². The minimum atomic E-state index is -0.206. The summed E-state index contributed by atoms with van der Waals surface area (Å²) in [6, 6.07) is 5.20. The van der Waals surface area contributed by atoms with E-state index in [0.717, 1.165) is 31.9 Å². The molecular formula is C13H18FN3. The van der Waals surface area contributed by atoms with Gasteiger partial charge in [-0.2, -0.15) is 0 Å². The number of hydrogen-bond acceptors (Lipinski definition) is 3. The molecular weight excluding hydrogens is 217 g/mol. The Balaban J connectivity index is 2.47. The molecule has 0 unspecified atom stereocenters. The molecule has 0 radical (unpaired) electrons. The van der Waals surface area contributed by atoms with Gasteiger partial charge in [0.2, 0.25) is 0 Å². The van der Waals surface area contributed by atoms with Crippen LogP contribution in [0.5, 0.6) is 0 Å². The van der Waals surface area contributed by atoms with Crippen LogP contribution in [0.15, 0.2) is 23.2 Å². The van der Waals surface area contributed by atoms with Crippen molar-refractivity contribution >= 4 is 11.5 Å². The van der Waals surface area contributed by atoms with E-state index < -0.39 is 0 Å². The van der Waals surface area contributed by atoms with Crippen LogP contribution in [0.1, 0.15) is 19.4 Å². The average molecular weight is 235 g/mol. The third-order valence-electron chi connectivity index (χ3n) is 3.01. The number of amidine groups is 1. The number of anilines is 1. The van der Waals surface area contributed by atoms with Gasteiger partial charge in [0.05, 0.1) is 17.8 Å². The van der Waals surface area contributed by atoms with Crippen LogP contribution in [0.25, 0.3) is 0 Å². The van der Waals surface area contributed by atoms with E-state index in [1.807, 2.05) is 6.07 Å². The summed E-state index contributed by atoms with van der Waals surface area (Å²) in [5.41, 5.74) is 1.52. The summed E-state index contributed by atoms with van der Waals surface area (Å²) in [5.74, 6) is 0.479. The Morgan fingerprint density at radius 1 is 1.35 bits per heavy atom. The van der Waals surface area contributed by atoms with Crippen molar-refractivity contribution in [2.45, 2.75) is 13.8 Å².